The minimum atomic E-state index is -3.49. The second-order valence-electron chi connectivity index (χ2n) is 1.89. The normalized spacial score (nSPS) is 17.9. The number of dihydropyridines is 1. The molecule has 4 nitrogen and oxygen atoms in total. The van der Waals surface area contributed by atoms with E-state index in [1.54, 1.807) is 6.20 Å². The number of nitrogens with one attached hydrogen (secondary N) is 1. The van der Waals surface area contributed by atoms with Crippen LogP contribution < -0.4 is 10.5 Å². The first-order valence-electron chi connectivity index (χ1n) is 2.73. The molecule has 1 heterocycles. The van der Waals surface area contributed by atoms with Gasteiger partial charge >= 0.3 is 0 Å². The lowest BCUT2D eigenvalue weighted by Gasteiger charge is -2.04. The maximum atomic E-state index is 10.6. The third-order valence-electron chi connectivity index (χ3n) is 1.12. The maximum Gasteiger partial charge on any atom is 0.237 e. The first-order valence-corrected chi connectivity index (χ1v) is 4.28. The standard InChI is InChI=1S/C5H8N2O2S/c6-10(8,9)5-1-3-7-4-2-5/h1-3,7H,4H2,(H2,6,8,9). The van der Waals surface area contributed by atoms with Crippen molar-refractivity contribution in [3.8, 4) is 0 Å². The van der Waals surface area contributed by atoms with Gasteiger partial charge in [-0.25, -0.2) is 13.6 Å². The molecule has 1 rings (SSSR count). The van der Waals surface area contributed by atoms with Gasteiger partial charge in [0.15, 0.2) is 0 Å². The zero-order chi connectivity index (χ0) is 7.61. The first-order chi connectivity index (χ1) is 4.61. The Morgan fingerprint density at radius 2 is 2.30 bits per heavy atom. The van der Waals surface area contributed by atoms with Crippen LogP contribution in [0.5, 0.6) is 0 Å². The van der Waals surface area contributed by atoms with Crippen molar-refractivity contribution in [1.82, 2.24) is 5.32 Å². The molecule has 0 radical (unpaired) electrons. The Morgan fingerprint density at radius 3 is 2.60 bits per heavy atom. The highest BCUT2D eigenvalue weighted by Gasteiger charge is 2.08. The molecule has 1 aliphatic rings. The quantitative estimate of drug-likeness (QED) is 0.531. The van der Waals surface area contributed by atoms with Crippen molar-refractivity contribution in [2.24, 2.45) is 5.14 Å². The summed E-state index contributed by atoms with van der Waals surface area (Å²) in [6, 6.07) is 0. The van der Waals surface area contributed by atoms with E-state index in [-0.39, 0.29) is 4.91 Å². The van der Waals surface area contributed by atoms with Crippen LogP contribution in [0.25, 0.3) is 0 Å². The van der Waals surface area contributed by atoms with E-state index in [9.17, 15) is 8.42 Å². The number of rotatable bonds is 1. The Labute approximate surface area is 59.5 Å². The summed E-state index contributed by atoms with van der Waals surface area (Å²) in [5.41, 5.74) is 0. The van der Waals surface area contributed by atoms with Crippen molar-refractivity contribution in [3.63, 3.8) is 0 Å². The Kier molecular flexibility index (Phi) is 1.78. The predicted octanol–water partition coefficient (Wildman–Crippen LogP) is -0.724. The summed E-state index contributed by atoms with van der Waals surface area (Å²) < 4.78 is 21.2. The number of nitrogens with two attached hydrogens (primary N) is 1. The van der Waals surface area contributed by atoms with Crippen molar-refractivity contribution in [3.05, 3.63) is 23.3 Å². The van der Waals surface area contributed by atoms with Crippen LogP contribution in [0.15, 0.2) is 23.3 Å². The molecule has 3 N–H and O–H groups in total. The molecule has 1 aliphatic heterocycles. The Morgan fingerprint density at radius 1 is 1.60 bits per heavy atom. The highest BCUT2D eigenvalue weighted by Crippen LogP contribution is 2.04. The number of primary sulfonamides is 1. The summed E-state index contributed by atoms with van der Waals surface area (Å²) in [6.07, 6.45) is 4.51. The molecule has 0 fully saturated rings. The number of hydrogen-bond acceptors (Lipinski definition) is 3. The SMILES string of the molecule is NS(=O)(=O)C1=CCNC=C1. The summed E-state index contributed by atoms with van der Waals surface area (Å²) in [5, 5.41) is 7.64. The number of hydrogen-bond donors (Lipinski definition) is 2. The molecule has 0 saturated carbocycles. The third kappa shape index (κ3) is 1.58. The highest BCUT2D eigenvalue weighted by molar-refractivity contribution is 7.93. The fraction of sp³-hybridized carbons (Fsp3) is 0.200. The van der Waals surface area contributed by atoms with Gasteiger partial charge in [0.05, 0.1) is 4.91 Å². The van der Waals surface area contributed by atoms with Gasteiger partial charge in [0.2, 0.25) is 10.0 Å². The van der Waals surface area contributed by atoms with Crippen LogP contribution in [0.1, 0.15) is 0 Å². The average Bonchev–Trinajstić information content (AvgIpc) is 1.88. The summed E-state index contributed by atoms with van der Waals surface area (Å²) in [7, 11) is -3.49. The molecular weight excluding hydrogens is 152 g/mol. The van der Waals surface area contributed by atoms with Gasteiger partial charge < -0.3 is 5.32 Å². The van der Waals surface area contributed by atoms with E-state index >= 15 is 0 Å². The molecule has 0 spiro atoms. The second-order valence-corrected chi connectivity index (χ2v) is 3.45. The van der Waals surface area contributed by atoms with E-state index in [0.717, 1.165) is 0 Å². The van der Waals surface area contributed by atoms with Crippen molar-refractivity contribution in [1.29, 1.82) is 0 Å². The van der Waals surface area contributed by atoms with Crippen LogP contribution >= 0.6 is 0 Å². The summed E-state index contributed by atoms with van der Waals surface area (Å²) >= 11 is 0. The van der Waals surface area contributed by atoms with Gasteiger partial charge in [-0.3, -0.25) is 0 Å². The van der Waals surface area contributed by atoms with E-state index in [2.05, 4.69) is 5.32 Å². The average molecular weight is 160 g/mol. The van der Waals surface area contributed by atoms with E-state index in [0.29, 0.717) is 6.54 Å². The van der Waals surface area contributed by atoms with Crippen molar-refractivity contribution in [2.45, 2.75) is 0 Å². The van der Waals surface area contributed by atoms with Gasteiger partial charge in [-0.2, -0.15) is 0 Å². The predicted molar refractivity (Wildman–Crippen MR) is 38.3 cm³/mol. The molecule has 0 aliphatic carbocycles. The van der Waals surface area contributed by atoms with Crippen LogP contribution in [0, 0.1) is 0 Å². The Balaban J connectivity index is 2.94. The van der Waals surface area contributed by atoms with E-state index in [1.807, 2.05) is 0 Å². The zero-order valence-electron chi connectivity index (χ0n) is 5.24. The lowest BCUT2D eigenvalue weighted by Crippen LogP contribution is -2.18. The lowest BCUT2D eigenvalue weighted by atomic mass is 10.4. The lowest BCUT2D eigenvalue weighted by molar-refractivity contribution is 0.604. The van der Waals surface area contributed by atoms with Crippen LogP contribution in [0.4, 0.5) is 0 Å². The minimum absolute atomic E-state index is 0.172. The van der Waals surface area contributed by atoms with Crippen LogP contribution in [-0.4, -0.2) is 15.0 Å². The summed E-state index contributed by atoms with van der Waals surface area (Å²) in [5.74, 6) is 0. The molecule has 0 aromatic carbocycles. The van der Waals surface area contributed by atoms with Crippen molar-refractivity contribution < 1.29 is 8.42 Å². The van der Waals surface area contributed by atoms with E-state index in [1.165, 1.54) is 12.2 Å². The van der Waals surface area contributed by atoms with E-state index in [4.69, 9.17) is 5.14 Å². The van der Waals surface area contributed by atoms with Gasteiger partial charge in [0, 0.05) is 6.54 Å². The van der Waals surface area contributed by atoms with Gasteiger partial charge in [0.1, 0.15) is 0 Å². The molecule has 0 bridgehead atoms. The topological polar surface area (TPSA) is 72.2 Å². The monoisotopic (exact) mass is 160 g/mol. The van der Waals surface area contributed by atoms with Gasteiger partial charge in [-0.05, 0) is 18.4 Å². The fourth-order valence-corrected chi connectivity index (χ4v) is 1.22. The molecule has 0 aromatic heterocycles. The second kappa shape index (κ2) is 2.43. The van der Waals surface area contributed by atoms with Gasteiger partial charge in [-0.1, -0.05) is 0 Å². The minimum Gasteiger partial charge on any atom is -0.387 e. The highest BCUT2D eigenvalue weighted by atomic mass is 32.2. The van der Waals surface area contributed by atoms with Gasteiger partial charge in [-0.15, -0.1) is 0 Å². The third-order valence-corrected chi connectivity index (χ3v) is 2.07. The fourth-order valence-electron chi connectivity index (χ4n) is 0.648. The van der Waals surface area contributed by atoms with Crippen molar-refractivity contribution >= 4 is 10.0 Å². The first kappa shape index (κ1) is 7.30. The molecule has 0 atom stereocenters. The maximum absolute atomic E-state index is 10.6. The number of sulfonamides is 1. The van der Waals surface area contributed by atoms with Crippen LogP contribution in [0.3, 0.4) is 0 Å². The Bertz CT molecular complexity index is 276. The summed E-state index contributed by atoms with van der Waals surface area (Å²) in [4.78, 5) is 0.172. The van der Waals surface area contributed by atoms with Crippen molar-refractivity contribution in [2.75, 3.05) is 6.54 Å². The molecule has 5 heteroatoms. The zero-order valence-corrected chi connectivity index (χ0v) is 6.06. The van der Waals surface area contributed by atoms with Gasteiger partial charge in [0.25, 0.3) is 0 Å². The molecule has 10 heavy (non-hydrogen) atoms. The van der Waals surface area contributed by atoms with Crippen LogP contribution in [-0.2, 0) is 10.0 Å². The molecule has 0 saturated heterocycles. The summed E-state index contributed by atoms with van der Waals surface area (Å²) in [6.45, 7) is 0.516. The molecule has 56 valence electrons. The molecule has 0 amide bonds. The van der Waals surface area contributed by atoms with Crippen LogP contribution in [0.2, 0.25) is 0 Å². The molecule has 0 aromatic rings. The number of allylic oxidation sites excluding steroid dienone is 1. The smallest absolute Gasteiger partial charge is 0.237 e. The Hall–Kier alpha value is -0.810. The molecule has 0 unspecified atom stereocenters. The largest absolute Gasteiger partial charge is 0.387 e. The van der Waals surface area contributed by atoms with E-state index < -0.39 is 10.0 Å². The molecular formula is C5H8N2O2S.